The number of methoxy groups -OCH3 is 1. The zero-order valence-corrected chi connectivity index (χ0v) is 9.25. The first-order chi connectivity index (χ1) is 7.31. The molecule has 1 aliphatic rings. The molecule has 1 aromatic heterocycles. The van der Waals surface area contributed by atoms with Gasteiger partial charge in [0.25, 0.3) is 0 Å². The van der Waals surface area contributed by atoms with Gasteiger partial charge in [-0.15, -0.1) is 0 Å². The van der Waals surface area contributed by atoms with Crippen LogP contribution in [0, 0.1) is 0 Å². The van der Waals surface area contributed by atoms with E-state index >= 15 is 0 Å². The van der Waals surface area contributed by atoms with Gasteiger partial charge in [-0.2, -0.15) is 11.8 Å². The monoisotopic (exact) mass is 227 g/mol. The molecule has 4 nitrogen and oxygen atoms in total. The van der Waals surface area contributed by atoms with Crippen molar-refractivity contribution < 1.29 is 13.9 Å². The number of hydrogen-bond acceptors (Lipinski definition) is 5. The van der Waals surface area contributed by atoms with Gasteiger partial charge in [0.2, 0.25) is 0 Å². The molecule has 1 fully saturated rings. The maximum absolute atomic E-state index is 11.4. The largest absolute Gasteiger partial charge is 0.468 e. The second kappa shape index (κ2) is 4.72. The van der Waals surface area contributed by atoms with Crippen LogP contribution < -0.4 is 5.32 Å². The van der Waals surface area contributed by atoms with Crippen molar-refractivity contribution in [2.24, 2.45) is 0 Å². The minimum atomic E-state index is -0.233. The predicted molar refractivity (Wildman–Crippen MR) is 57.7 cm³/mol. The normalized spacial score (nSPS) is 26.2. The molecule has 2 unspecified atom stereocenters. The van der Waals surface area contributed by atoms with Crippen LogP contribution >= 0.6 is 11.8 Å². The Kier molecular flexibility index (Phi) is 3.33. The lowest BCUT2D eigenvalue weighted by Gasteiger charge is -2.27. The van der Waals surface area contributed by atoms with Crippen LogP contribution in [-0.4, -0.2) is 30.6 Å². The number of ether oxygens (including phenoxy) is 1. The minimum absolute atomic E-state index is 0.0999. The van der Waals surface area contributed by atoms with Crippen LogP contribution in [0.25, 0.3) is 0 Å². The fraction of sp³-hybridized carbons (Fsp3) is 0.500. The molecule has 0 aliphatic carbocycles. The summed E-state index contributed by atoms with van der Waals surface area (Å²) in [5.74, 6) is 2.33. The number of rotatable bonds is 2. The van der Waals surface area contributed by atoms with E-state index in [9.17, 15) is 4.79 Å². The van der Waals surface area contributed by atoms with Gasteiger partial charge in [0, 0.05) is 11.5 Å². The molecule has 0 radical (unpaired) electrons. The van der Waals surface area contributed by atoms with E-state index in [2.05, 4.69) is 5.32 Å². The summed E-state index contributed by atoms with van der Waals surface area (Å²) in [6, 6.07) is 3.63. The molecule has 1 N–H and O–H groups in total. The molecule has 0 saturated carbocycles. The van der Waals surface area contributed by atoms with Crippen molar-refractivity contribution in [3.8, 4) is 0 Å². The lowest BCUT2D eigenvalue weighted by atomic mass is 10.2. The van der Waals surface area contributed by atoms with Crippen LogP contribution in [0.1, 0.15) is 11.8 Å². The molecule has 1 aromatic rings. The van der Waals surface area contributed by atoms with Crippen LogP contribution in [-0.2, 0) is 9.53 Å². The smallest absolute Gasteiger partial charge is 0.323 e. The molecule has 15 heavy (non-hydrogen) atoms. The molecule has 0 aromatic carbocycles. The third-order valence-corrected chi connectivity index (χ3v) is 3.48. The van der Waals surface area contributed by atoms with E-state index < -0.39 is 0 Å². The number of nitrogens with one attached hydrogen (secondary N) is 1. The molecule has 0 bridgehead atoms. The summed E-state index contributed by atoms with van der Waals surface area (Å²) in [6.07, 6.45) is 1.64. The number of furan rings is 1. The van der Waals surface area contributed by atoms with Crippen molar-refractivity contribution in [2.75, 3.05) is 18.6 Å². The van der Waals surface area contributed by atoms with Crippen molar-refractivity contribution in [1.82, 2.24) is 5.32 Å². The van der Waals surface area contributed by atoms with E-state index in [-0.39, 0.29) is 18.1 Å². The van der Waals surface area contributed by atoms with E-state index in [1.165, 1.54) is 7.11 Å². The van der Waals surface area contributed by atoms with Gasteiger partial charge in [-0.05, 0) is 12.1 Å². The molecule has 2 heterocycles. The molecule has 0 spiro atoms. The van der Waals surface area contributed by atoms with Crippen LogP contribution in [0.4, 0.5) is 0 Å². The first kappa shape index (κ1) is 10.6. The van der Waals surface area contributed by atoms with Gasteiger partial charge in [-0.25, -0.2) is 0 Å². The van der Waals surface area contributed by atoms with Crippen molar-refractivity contribution in [3.63, 3.8) is 0 Å². The van der Waals surface area contributed by atoms with Crippen LogP contribution in [0.2, 0.25) is 0 Å². The Morgan fingerprint density at radius 1 is 1.67 bits per heavy atom. The molecule has 1 saturated heterocycles. The minimum Gasteiger partial charge on any atom is -0.468 e. The Bertz CT molecular complexity index is 325. The molecule has 2 rings (SSSR count). The van der Waals surface area contributed by atoms with E-state index in [1.54, 1.807) is 18.0 Å². The zero-order valence-electron chi connectivity index (χ0n) is 8.43. The quantitative estimate of drug-likeness (QED) is 0.769. The number of esters is 1. The van der Waals surface area contributed by atoms with E-state index in [1.807, 2.05) is 12.1 Å². The first-order valence-electron chi connectivity index (χ1n) is 4.76. The fourth-order valence-electron chi connectivity index (χ4n) is 1.57. The molecule has 1 aliphatic heterocycles. The molecule has 82 valence electrons. The Morgan fingerprint density at radius 3 is 3.20 bits per heavy atom. The summed E-state index contributed by atoms with van der Waals surface area (Å²) >= 11 is 1.73. The van der Waals surface area contributed by atoms with Gasteiger partial charge in [0.1, 0.15) is 11.8 Å². The highest BCUT2D eigenvalue weighted by Gasteiger charge is 2.29. The zero-order chi connectivity index (χ0) is 10.7. The van der Waals surface area contributed by atoms with Crippen molar-refractivity contribution in [3.05, 3.63) is 24.2 Å². The van der Waals surface area contributed by atoms with Crippen molar-refractivity contribution in [1.29, 1.82) is 0 Å². The number of hydrogen-bond donors (Lipinski definition) is 1. The van der Waals surface area contributed by atoms with E-state index in [0.717, 1.165) is 17.3 Å². The van der Waals surface area contributed by atoms with Gasteiger partial charge in [0.05, 0.1) is 19.4 Å². The average molecular weight is 227 g/mol. The first-order valence-corrected chi connectivity index (χ1v) is 5.91. The Morgan fingerprint density at radius 2 is 2.53 bits per heavy atom. The van der Waals surface area contributed by atoms with Gasteiger partial charge in [0.15, 0.2) is 0 Å². The molecular formula is C10H13NO3S. The standard InChI is InChI=1S/C10H13NO3S/c1-13-10(12)8-6-15-5-7(11-8)9-3-2-4-14-9/h2-4,7-8,11H,5-6H2,1H3. The van der Waals surface area contributed by atoms with Gasteiger partial charge >= 0.3 is 5.97 Å². The van der Waals surface area contributed by atoms with Gasteiger partial charge in [-0.3, -0.25) is 10.1 Å². The van der Waals surface area contributed by atoms with E-state index in [0.29, 0.717) is 0 Å². The Balaban J connectivity index is 2.01. The average Bonchev–Trinajstić information content (AvgIpc) is 2.82. The Labute approximate surface area is 92.4 Å². The van der Waals surface area contributed by atoms with Crippen molar-refractivity contribution >= 4 is 17.7 Å². The number of thioether (sulfide) groups is 1. The predicted octanol–water partition coefficient (Wildman–Crippen LogP) is 1.20. The van der Waals surface area contributed by atoms with Crippen molar-refractivity contribution in [2.45, 2.75) is 12.1 Å². The molecule has 2 atom stereocenters. The summed E-state index contributed by atoms with van der Waals surface area (Å²) < 4.78 is 10.0. The molecule has 5 heteroatoms. The van der Waals surface area contributed by atoms with Crippen LogP contribution in [0.15, 0.2) is 22.8 Å². The second-order valence-corrected chi connectivity index (χ2v) is 4.42. The maximum Gasteiger partial charge on any atom is 0.323 e. The summed E-state index contributed by atoms with van der Waals surface area (Å²) in [4.78, 5) is 11.4. The third-order valence-electron chi connectivity index (χ3n) is 2.34. The second-order valence-electron chi connectivity index (χ2n) is 3.35. The SMILES string of the molecule is COC(=O)C1CSCC(c2ccco2)N1. The highest BCUT2D eigenvalue weighted by molar-refractivity contribution is 7.99. The van der Waals surface area contributed by atoms with Gasteiger partial charge < -0.3 is 9.15 Å². The summed E-state index contributed by atoms with van der Waals surface area (Å²) in [7, 11) is 1.41. The number of carbonyl (C=O) groups excluding carboxylic acids is 1. The lowest BCUT2D eigenvalue weighted by Crippen LogP contribution is -2.45. The van der Waals surface area contributed by atoms with Crippen LogP contribution in [0.5, 0.6) is 0 Å². The highest BCUT2D eigenvalue weighted by Crippen LogP contribution is 2.24. The summed E-state index contributed by atoms with van der Waals surface area (Å²) in [5.41, 5.74) is 0. The Hall–Kier alpha value is -0.940. The third kappa shape index (κ3) is 2.35. The molecular weight excluding hydrogens is 214 g/mol. The number of carbonyl (C=O) groups is 1. The maximum atomic E-state index is 11.4. The lowest BCUT2D eigenvalue weighted by molar-refractivity contribution is -0.142. The summed E-state index contributed by atoms with van der Waals surface area (Å²) in [5, 5.41) is 3.22. The topological polar surface area (TPSA) is 51.5 Å². The fourth-order valence-corrected chi connectivity index (χ4v) is 2.68. The summed E-state index contributed by atoms with van der Waals surface area (Å²) in [6.45, 7) is 0. The molecule has 0 amide bonds. The van der Waals surface area contributed by atoms with Crippen LogP contribution in [0.3, 0.4) is 0 Å². The van der Waals surface area contributed by atoms with Gasteiger partial charge in [-0.1, -0.05) is 0 Å². The van der Waals surface area contributed by atoms with E-state index in [4.69, 9.17) is 9.15 Å². The highest BCUT2D eigenvalue weighted by atomic mass is 32.2.